The summed E-state index contributed by atoms with van der Waals surface area (Å²) >= 11 is 0. The van der Waals surface area contributed by atoms with E-state index >= 15 is 0 Å². The second-order valence-electron chi connectivity index (χ2n) is 5.08. The van der Waals surface area contributed by atoms with Crippen molar-refractivity contribution >= 4 is 17.9 Å². The molecule has 7 heteroatoms. The second-order valence-corrected chi connectivity index (χ2v) is 5.08. The Morgan fingerprint density at radius 3 is 2.56 bits per heavy atom. The van der Waals surface area contributed by atoms with Gasteiger partial charge >= 0.3 is 6.03 Å². The average Bonchev–Trinajstić information content (AvgIpc) is 2.57. The van der Waals surface area contributed by atoms with Crippen molar-refractivity contribution in [3.8, 4) is 0 Å². The van der Waals surface area contributed by atoms with Crippen LogP contribution in [0.1, 0.15) is 20.8 Å². The van der Waals surface area contributed by atoms with Crippen LogP contribution >= 0.6 is 0 Å². The molecule has 1 rings (SSSR count). The summed E-state index contributed by atoms with van der Waals surface area (Å²) in [6, 6.07) is -0.333. The highest BCUT2D eigenvalue weighted by molar-refractivity contribution is 6.01. The van der Waals surface area contributed by atoms with Gasteiger partial charge in [-0.25, -0.2) is 4.79 Å². The van der Waals surface area contributed by atoms with E-state index in [0.29, 0.717) is 19.0 Å². The Morgan fingerprint density at radius 1 is 1.44 bits per heavy atom. The lowest BCUT2D eigenvalue weighted by atomic mass is 10.1. The van der Waals surface area contributed by atoms with Crippen LogP contribution in [0.3, 0.4) is 0 Å². The van der Waals surface area contributed by atoms with Crippen LogP contribution in [0.4, 0.5) is 4.79 Å². The van der Waals surface area contributed by atoms with Crippen LogP contribution in [0.2, 0.25) is 0 Å². The van der Waals surface area contributed by atoms with Crippen LogP contribution in [0.25, 0.3) is 0 Å². The maximum Gasteiger partial charge on any atom is 0.324 e. The van der Waals surface area contributed by atoms with E-state index in [4.69, 9.17) is 0 Å². The Morgan fingerprint density at radius 2 is 2.11 bits per heavy atom. The van der Waals surface area contributed by atoms with Crippen molar-refractivity contribution in [2.45, 2.75) is 26.3 Å². The minimum Gasteiger partial charge on any atom is -0.355 e. The fraction of sp³-hybridized carbons (Fsp3) is 0.727. The highest BCUT2D eigenvalue weighted by atomic mass is 16.2. The minimum atomic E-state index is -0.333. The number of nitrogens with zero attached hydrogens (tertiary/aromatic N) is 2. The Balaban J connectivity index is 2.36. The molecule has 1 fully saturated rings. The smallest absolute Gasteiger partial charge is 0.324 e. The Kier molecular flexibility index (Phi) is 4.52. The van der Waals surface area contributed by atoms with Crippen LogP contribution in [0.15, 0.2) is 4.99 Å². The van der Waals surface area contributed by atoms with Gasteiger partial charge in [0.05, 0.1) is 6.54 Å². The number of hydrogen-bond donors (Lipinski definition) is 3. The van der Waals surface area contributed by atoms with E-state index < -0.39 is 0 Å². The van der Waals surface area contributed by atoms with Gasteiger partial charge in [-0.1, -0.05) is 0 Å². The molecular weight excluding hydrogens is 234 g/mol. The molecule has 0 saturated carbocycles. The molecular formula is C11H21N5O2. The molecule has 7 nitrogen and oxygen atoms in total. The molecule has 18 heavy (non-hydrogen) atoms. The van der Waals surface area contributed by atoms with Crippen molar-refractivity contribution in [1.29, 1.82) is 0 Å². The first-order valence-corrected chi connectivity index (χ1v) is 5.90. The number of carbonyl (C=O) groups excluding carboxylic acids is 2. The van der Waals surface area contributed by atoms with Crippen LogP contribution in [-0.2, 0) is 4.79 Å². The lowest BCUT2D eigenvalue weighted by molar-refractivity contribution is -0.124. The molecule has 1 heterocycles. The quantitative estimate of drug-likeness (QED) is 0.360. The lowest BCUT2D eigenvalue weighted by Crippen LogP contribution is -2.49. The number of amides is 3. The van der Waals surface area contributed by atoms with Crippen molar-refractivity contribution in [3.63, 3.8) is 0 Å². The number of aliphatic imine (C=N–C) groups is 1. The summed E-state index contributed by atoms with van der Waals surface area (Å²) in [6.07, 6.45) is 0. The van der Waals surface area contributed by atoms with Crippen LogP contribution < -0.4 is 16.0 Å². The van der Waals surface area contributed by atoms with Crippen LogP contribution in [-0.4, -0.2) is 55.0 Å². The average molecular weight is 255 g/mol. The number of imide groups is 1. The first kappa shape index (κ1) is 14.3. The molecule has 0 atom stereocenters. The van der Waals surface area contributed by atoms with E-state index in [-0.39, 0.29) is 24.0 Å². The number of guanidine groups is 1. The number of urea groups is 1. The summed E-state index contributed by atoms with van der Waals surface area (Å²) in [5, 5.41) is 8.72. The van der Waals surface area contributed by atoms with Gasteiger partial charge in [-0.3, -0.25) is 14.7 Å². The van der Waals surface area contributed by atoms with Gasteiger partial charge in [0.1, 0.15) is 0 Å². The molecule has 0 spiro atoms. The first-order chi connectivity index (χ1) is 8.33. The van der Waals surface area contributed by atoms with Crippen molar-refractivity contribution in [2.24, 2.45) is 4.99 Å². The number of rotatable bonds is 3. The normalized spacial score (nSPS) is 16.9. The third kappa shape index (κ3) is 4.23. The van der Waals surface area contributed by atoms with E-state index in [0.717, 1.165) is 0 Å². The Labute approximate surface area is 107 Å². The molecule has 3 N–H and O–H groups in total. The van der Waals surface area contributed by atoms with Crippen LogP contribution in [0, 0.1) is 0 Å². The Bertz CT molecular complexity index is 343. The van der Waals surface area contributed by atoms with Crippen molar-refractivity contribution < 1.29 is 9.59 Å². The topological polar surface area (TPSA) is 85.8 Å². The van der Waals surface area contributed by atoms with Gasteiger partial charge in [0, 0.05) is 25.7 Å². The SMILES string of the molecule is CN=C(NCCN1C(=O)CNC1=O)NC(C)(C)C. The summed E-state index contributed by atoms with van der Waals surface area (Å²) in [7, 11) is 1.68. The van der Waals surface area contributed by atoms with Gasteiger partial charge < -0.3 is 16.0 Å². The number of nitrogens with one attached hydrogen (secondary N) is 3. The molecule has 0 bridgehead atoms. The molecule has 0 aromatic heterocycles. The molecule has 1 saturated heterocycles. The monoisotopic (exact) mass is 255 g/mol. The Hall–Kier alpha value is -1.79. The van der Waals surface area contributed by atoms with E-state index in [1.54, 1.807) is 7.05 Å². The van der Waals surface area contributed by atoms with E-state index in [1.807, 2.05) is 20.8 Å². The molecule has 0 aliphatic carbocycles. The maximum atomic E-state index is 11.3. The molecule has 0 aromatic rings. The fourth-order valence-electron chi connectivity index (χ4n) is 1.50. The maximum absolute atomic E-state index is 11.3. The van der Waals surface area contributed by atoms with E-state index in [2.05, 4.69) is 20.9 Å². The summed E-state index contributed by atoms with van der Waals surface area (Å²) in [5.41, 5.74) is -0.0946. The lowest BCUT2D eigenvalue weighted by Gasteiger charge is -2.24. The van der Waals surface area contributed by atoms with Crippen molar-refractivity contribution in [2.75, 3.05) is 26.7 Å². The molecule has 1 aliphatic rings. The van der Waals surface area contributed by atoms with Gasteiger partial charge in [-0.15, -0.1) is 0 Å². The predicted octanol–water partition coefficient (Wildman–Crippen LogP) is -0.498. The zero-order valence-electron chi connectivity index (χ0n) is 11.3. The van der Waals surface area contributed by atoms with Gasteiger partial charge in [0.15, 0.2) is 5.96 Å². The highest BCUT2D eigenvalue weighted by Crippen LogP contribution is 1.99. The van der Waals surface area contributed by atoms with Gasteiger partial charge in [-0.2, -0.15) is 0 Å². The van der Waals surface area contributed by atoms with Crippen molar-refractivity contribution in [1.82, 2.24) is 20.9 Å². The summed E-state index contributed by atoms with van der Waals surface area (Å²) in [5.74, 6) is 0.454. The predicted molar refractivity (Wildman–Crippen MR) is 69.4 cm³/mol. The van der Waals surface area contributed by atoms with Crippen LogP contribution in [0.5, 0.6) is 0 Å². The zero-order chi connectivity index (χ0) is 13.8. The summed E-state index contributed by atoms with van der Waals surface area (Å²) in [6.45, 7) is 6.96. The zero-order valence-corrected chi connectivity index (χ0v) is 11.3. The fourth-order valence-corrected chi connectivity index (χ4v) is 1.50. The summed E-state index contributed by atoms with van der Waals surface area (Å²) in [4.78, 5) is 27.9. The third-order valence-electron chi connectivity index (χ3n) is 2.28. The molecule has 3 amide bonds. The molecule has 0 radical (unpaired) electrons. The van der Waals surface area contributed by atoms with Crippen molar-refractivity contribution in [3.05, 3.63) is 0 Å². The largest absolute Gasteiger partial charge is 0.355 e. The number of hydrogen-bond acceptors (Lipinski definition) is 3. The highest BCUT2D eigenvalue weighted by Gasteiger charge is 2.27. The van der Waals surface area contributed by atoms with Gasteiger partial charge in [-0.05, 0) is 20.8 Å². The van der Waals surface area contributed by atoms with Gasteiger partial charge in [0.25, 0.3) is 0 Å². The molecule has 102 valence electrons. The molecule has 0 aromatic carbocycles. The summed E-state index contributed by atoms with van der Waals surface area (Å²) < 4.78 is 0. The standard InChI is InChI=1S/C11H21N5O2/c1-11(2,3)15-9(12-4)13-5-6-16-8(17)7-14-10(16)18/h5-7H2,1-4H3,(H,14,18)(H2,12,13,15). The van der Waals surface area contributed by atoms with Gasteiger partial charge in [0.2, 0.25) is 5.91 Å². The first-order valence-electron chi connectivity index (χ1n) is 5.90. The third-order valence-corrected chi connectivity index (χ3v) is 2.28. The van der Waals surface area contributed by atoms with E-state index in [1.165, 1.54) is 4.90 Å². The molecule has 1 aliphatic heterocycles. The molecule has 0 unspecified atom stereocenters. The second kappa shape index (κ2) is 5.70. The van der Waals surface area contributed by atoms with E-state index in [9.17, 15) is 9.59 Å². The number of carbonyl (C=O) groups is 2. The minimum absolute atomic E-state index is 0.0911.